The Hall–Kier alpha value is -2.37. The van der Waals surface area contributed by atoms with Crippen LogP contribution in [-0.2, 0) is 28.6 Å². The van der Waals surface area contributed by atoms with E-state index < -0.39 is 12.1 Å². The molecule has 0 aliphatic rings. The van der Waals surface area contributed by atoms with E-state index in [1.165, 1.54) is 173 Å². The Balaban J connectivity index is 4.29. The minimum atomic E-state index is -0.801. The molecule has 0 radical (unpaired) electrons. The van der Waals surface area contributed by atoms with Crippen LogP contribution in [0.1, 0.15) is 271 Å². The molecule has 6 heteroatoms. The normalized spacial score (nSPS) is 12.2. The molecule has 1 atom stereocenters. The van der Waals surface area contributed by atoms with Gasteiger partial charge in [-0.05, 0) is 32.1 Å². The predicted octanol–water partition coefficient (Wildman–Crippen LogP) is 16.9. The number of hydrogen-bond donors (Lipinski definition) is 0. The fraction of sp³-hybridized carbons (Fsp3) is 0.833. The van der Waals surface area contributed by atoms with Gasteiger partial charge in [0.05, 0.1) is 6.42 Å². The maximum atomic E-state index is 12.8. The minimum absolute atomic E-state index is 0.0944. The van der Waals surface area contributed by atoms with Gasteiger partial charge in [0.25, 0.3) is 0 Å². The van der Waals surface area contributed by atoms with Crippen LogP contribution in [0.3, 0.4) is 0 Å². The van der Waals surface area contributed by atoms with Crippen LogP contribution in [0.25, 0.3) is 0 Å². The van der Waals surface area contributed by atoms with E-state index in [1.54, 1.807) is 6.08 Å². The molecule has 350 valence electrons. The molecule has 0 amide bonds. The molecule has 0 spiro atoms. The van der Waals surface area contributed by atoms with E-state index in [2.05, 4.69) is 45.1 Å². The van der Waals surface area contributed by atoms with Crippen LogP contribution >= 0.6 is 0 Å². The van der Waals surface area contributed by atoms with Crippen molar-refractivity contribution in [2.75, 3.05) is 13.2 Å². The average Bonchev–Trinajstić information content (AvgIpc) is 3.24. The van der Waals surface area contributed by atoms with Gasteiger partial charge in [0, 0.05) is 12.8 Å². The molecule has 0 heterocycles. The zero-order valence-electron chi connectivity index (χ0n) is 40.0. The summed E-state index contributed by atoms with van der Waals surface area (Å²) in [6, 6.07) is 0. The molecule has 0 aromatic rings. The van der Waals surface area contributed by atoms with Crippen LogP contribution < -0.4 is 0 Å². The van der Waals surface area contributed by atoms with Crippen molar-refractivity contribution >= 4 is 17.9 Å². The van der Waals surface area contributed by atoms with Crippen LogP contribution in [0.5, 0.6) is 0 Å². The van der Waals surface area contributed by atoms with Gasteiger partial charge < -0.3 is 14.2 Å². The predicted molar refractivity (Wildman–Crippen MR) is 256 cm³/mol. The van der Waals surface area contributed by atoms with E-state index >= 15 is 0 Å². The molecule has 60 heavy (non-hydrogen) atoms. The Labute approximate surface area is 372 Å². The van der Waals surface area contributed by atoms with Crippen molar-refractivity contribution in [1.29, 1.82) is 0 Å². The molecule has 0 aliphatic carbocycles. The maximum Gasteiger partial charge on any atom is 0.309 e. The second kappa shape index (κ2) is 49.3. The number of ether oxygens (including phenoxy) is 3. The molecule has 0 rings (SSSR count). The van der Waals surface area contributed by atoms with E-state index in [0.29, 0.717) is 12.8 Å². The van der Waals surface area contributed by atoms with Crippen LogP contribution in [0.15, 0.2) is 36.5 Å². The quantitative estimate of drug-likeness (QED) is 0.0263. The van der Waals surface area contributed by atoms with Crippen molar-refractivity contribution in [3.8, 4) is 0 Å². The van der Waals surface area contributed by atoms with Crippen LogP contribution in [0.4, 0.5) is 0 Å². The van der Waals surface area contributed by atoms with E-state index in [1.807, 2.05) is 6.08 Å². The third-order valence-electron chi connectivity index (χ3n) is 11.4. The van der Waals surface area contributed by atoms with Crippen LogP contribution in [0.2, 0.25) is 0 Å². The van der Waals surface area contributed by atoms with Gasteiger partial charge in [0.15, 0.2) is 6.10 Å². The summed E-state index contributed by atoms with van der Waals surface area (Å²) in [4.78, 5) is 37.8. The van der Waals surface area contributed by atoms with Crippen molar-refractivity contribution < 1.29 is 28.6 Å². The van der Waals surface area contributed by atoms with E-state index in [4.69, 9.17) is 14.2 Å². The van der Waals surface area contributed by atoms with Gasteiger partial charge in [0.2, 0.25) is 0 Å². The summed E-state index contributed by atoms with van der Waals surface area (Å²) in [5.74, 6) is -1.01. The Kier molecular flexibility index (Phi) is 47.3. The first-order valence-electron chi connectivity index (χ1n) is 26.0. The maximum absolute atomic E-state index is 12.8. The van der Waals surface area contributed by atoms with E-state index in [9.17, 15) is 14.4 Å². The molecule has 1 unspecified atom stereocenters. The molecule has 0 aliphatic heterocycles. The molecular formula is C54H98O6. The number of esters is 3. The molecule has 6 nitrogen and oxygen atoms in total. The van der Waals surface area contributed by atoms with Crippen molar-refractivity contribution in [3.05, 3.63) is 36.5 Å². The van der Waals surface area contributed by atoms with Crippen molar-refractivity contribution in [2.24, 2.45) is 0 Å². The number of carbonyl (C=O) groups excluding carboxylic acids is 3. The van der Waals surface area contributed by atoms with Crippen molar-refractivity contribution in [3.63, 3.8) is 0 Å². The number of rotatable bonds is 47. The van der Waals surface area contributed by atoms with E-state index in [0.717, 1.165) is 57.8 Å². The third-order valence-corrected chi connectivity index (χ3v) is 11.4. The molecule has 0 N–H and O–H groups in total. The lowest BCUT2D eigenvalue weighted by Gasteiger charge is -2.18. The molecular weight excluding hydrogens is 745 g/mol. The second-order valence-electron chi connectivity index (χ2n) is 17.4. The van der Waals surface area contributed by atoms with Gasteiger partial charge in [-0.25, -0.2) is 0 Å². The summed E-state index contributed by atoms with van der Waals surface area (Å²) in [5.41, 5.74) is 0. The standard InChI is InChI=1S/C54H98O6/c1-4-7-10-13-16-19-21-23-25-26-27-29-30-32-35-38-41-44-47-53(56)59-50-51(49-58-52(55)46-43-40-37-34-18-15-12-9-6-3)60-54(57)48-45-42-39-36-33-31-28-24-22-20-17-14-11-8-5-2/h9,12,18,34,40,43,51H,4-8,10-11,13-17,19-33,35-39,41-42,44-50H2,1-3H3/b12-9-,34-18-,43-40-. The lowest BCUT2D eigenvalue weighted by atomic mass is 10.0. The topological polar surface area (TPSA) is 78.9 Å². The number of hydrogen-bond acceptors (Lipinski definition) is 6. The molecule has 0 fully saturated rings. The first-order valence-corrected chi connectivity index (χ1v) is 26.0. The first-order chi connectivity index (χ1) is 29.5. The smallest absolute Gasteiger partial charge is 0.309 e. The summed E-state index contributed by atoms with van der Waals surface area (Å²) in [6.07, 6.45) is 57.4. The van der Waals surface area contributed by atoms with Gasteiger partial charge >= 0.3 is 17.9 Å². The van der Waals surface area contributed by atoms with Crippen LogP contribution in [0, 0.1) is 0 Å². The summed E-state index contributed by atoms with van der Waals surface area (Å²) >= 11 is 0. The van der Waals surface area contributed by atoms with Gasteiger partial charge in [0.1, 0.15) is 13.2 Å². The van der Waals surface area contributed by atoms with Gasteiger partial charge in [-0.3, -0.25) is 14.4 Å². The zero-order valence-corrected chi connectivity index (χ0v) is 40.0. The fourth-order valence-electron chi connectivity index (χ4n) is 7.56. The average molecular weight is 843 g/mol. The van der Waals surface area contributed by atoms with Crippen molar-refractivity contribution in [2.45, 2.75) is 277 Å². The molecule has 0 aromatic heterocycles. The van der Waals surface area contributed by atoms with Gasteiger partial charge in [-0.15, -0.1) is 0 Å². The van der Waals surface area contributed by atoms with E-state index in [-0.39, 0.29) is 31.6 Å². The molecule has 0 aromatic carbocycles. The highest BCUT2D eigenvalue weighted by atomic mass is 16.6. The summed E-state index contributed by atoms with van der Waals surface area (Å²) in [7, 11) is 0. The zero-order chi connectivity index (χ0) is 43.7. The highest BCUT2D eigenvalue weighted by Crippen LogP contribution is 2.16. The Morgan fingerprint density at radius 1 is 0.350 bits per heavy atom. The molecule has 0 saturated heterocycles. The van der Waals surface area contributed by atoms with Gasteiger partial charge in [-0.2, -0.15) is 0 Å². The lowest BCUT2D eigenvalue weighted by Crippen LogP contribution is -2.30. The summed E-state index contributed by atoms with van der Waals surface area (Å²) in [5, 5.41) is 0. The Morgan fingerprint density at radius 2 is 0.650 bits per heavy atom. The SMILES string of the molecule is CC/C=C\C/C=C\C/C=C\CC(=O)OCC(COC(=O)CCCCCCCCCCCCCCCCCCCC)OC(=O)CCCCCCCCCCCCCCCCC. The minimum Gasteiger partial charge on any atom is -0.462 e. The molecule has 0 saturated carbocycles. The van der Waals surface area contributed by atoms with Crippen molar-refractivity contribution in [1.82, 2.24) is 0 Å². The first kappa shape index (κ1) is 57.6. The monoisotopic (exact) mass is 843 g/mol. The molecule has 0 bridgehead atoms. The Morgan fingerprint density at radius 3 is 1.02 bits per heavy atom. The highest BCUT2D eigenvalue weighted by Gasteiger charge is 2.19. The number of carbonyl (C=O) groups is 3. The van der Waals surface area contributed by atoms with Crippen LogP contribution in [-0.4, -0.2) is 37.2 Å². The number of unbranched alkanes of at least 4 members (excludes halogenated alkanes) is 31. The second-order valence-corrected chi connectivity index (χ2v) is 17.4. The highest BCUT2D eigenvalue weighted by molar-refractivity contribution is 5.72. The fourth-order valence-corrected chi connectivity index (χ4v) is 7.56. The summed E-state index contributed by atoms with van der Waals surface area (Å²) < 4.78 is 16.7. The lowest BCUT2D eigenvalue weighted by molar-refractivity contribution is -0.166. The largest absolute Gasteiger partial charge is 0.462 e. The Bertz CT molecular complexity index is 1020. The third kappa shape index (κ3) is 46.7. The van der Waals surface area contributed by atoms with Gasteiger partial charge in [-0.1, -0.05) is 256 Å². The number of allylic oxidation sites excluding steroid dienone is 5. The summed E-state index contributed by atoms with van der Waals surface area (Å²) in [6.45, 7) is 6.46.